The van der Waals surface area contributed by atoms with Gasteiger partial charge in [0.25, 0.3) is 5.56 Å². The number of methoxy groups -OCH3 is 2. The van der Waals surface area contributed by atoms with Gasteiger partial charge in [-0.1, -0.05) is 23.5 Å². The molecular weight excluding hydrogens is 362 g/mol. The maximum atomic E-state index is 12.8. The molecule has 1 aliphatic heterocycles. The number of hydrogen-bond donors (Lipinski definition) is 0. The minimum Gasteiger partial charge on any atom is -0.497 e. The third-order valence-corrected chi connectivity index (χ3v) is 5.47. The number of thiazole rings is 1. The number of fused-ring (bicyclic) bond motifs is 1. The second-order valence-electron chi connectivity index (χ2n) is 6.08. The normalized spacial score (nSPS) is 13.9. The van der Waals surface area contributed by atoms with Crippen LogP contribution < -0.4 is 29.3 Å². The van der Waals surface area contributed by atoms with Crippen LogP contribution in [0.1, 0.15) is 5.56 Å². The molecule has 1 aliphatic rings. The molecule has 0 fully saturated rings. The van der Waals surface area contributed by atoms with E-state index >= 15 is 0 Å². The summed E-state index contributed by atoms with van der Waals surface area (Å²) in [5.41, 5.74) is 1.94. The molecule has 0 saturated heterocycles. The van der Waals surface area contributed by atoms with Crippen LogP contribution >= 0.6 is 11.3 Å². The van der Waals surface area contributed by atoms with Crippen LogP contribution in [0.4, 0.5) is 5.69 Å². The fourth-order valence-corrected chi connectivity index (χ4v) is 3.88. The predicted molar refractivity (Wildman–Crippen MR) is 106 cm³/mol. The zero-order valence-electron chi connectivity index (χ0n) is 15.1. The summed E-state index contributed by atoms with van der Waals surface area (Å²) in [4.78, 5) is 20.2. The fourth-order valence-electron chi connectivity index (χ4n) is 2.92. The molecule has 6 nitrogen and oxygen atoms in total. The van der Waals surface area contributed by atoms with Crippen molar-refractivity contribution in [1.29, 1.82) is 0 Å². The van der Waals surface area contributed by atoms with Crippen molar-refractivity contribution < 1.29 is 9.47 Å². The van der Waals surface area contributed by atoms with Gasteiger partial charge in [-0.05, 0) is 48.0 Å². The minimum atomic E-state index is -0.0206. The van der Waals surface area contributed by atoms with E-state index in [4.69, 9.17) is 9.47 Å². The summed E-state index contributed by atoms with van der Waals surface area (Å²) < 4.78 is 12.8. The van der Waals surface area contributed by atoms with E-state index in [1.165, 1.54) is 11.3 Å². The highest BCUT2D eigenvalue weighted by Gasteiger charge is 2.16. The molecular formula is C20H19N3O3S. The summed E-state index contributed by atoms with van der Waals surface area (Å²) in [6, 6.07) is 15.4. The van der Waals surface area contributed by atoms with E-state index in [0.717, 1.165) is 27.6 Å². The Labute approximate surface area is 160 Å². The van der Waals surface area contributed by atoms with Crippen molar-refractivity contribution in [3.8, 4) is 11.5 Å². The Kier molecular flexibility index (Phi) is 4.68. The first-order chi connectivity index (χ1) is 13.2. The molecule has 0 radical (unpaired) electrons. The average Bonchev–Trinajstić information content (AvgIpc) is 3.03. The maximum absolute atomic E-state index is 12.8. The highest BCUT2D eigenvalue weighted by atomic mass is 32.1. The van der Waals surface area contributed by atoms with E-state index in [2.05, 4.69) is 9.89 Å². The molecule has 0 atom stereocenters. The van der Waals surface area contributed by atoms with Crippen molar-refractivity contribution in [3.63, 3.8) is 0 Å². The van der Waals surface area contributed by atoms with Crippen molar-refractivity contribution in [2.45, 2.75) is 6.67 Å². The SMILES string of the molecule is COc1ccc(C=c2sc3n(c2=O)CN(c2ccc(OC)cc2)CN=3)cc1. The van der Waals surface area contributed by atoms with Gasteiger partial charge < -0.3 is 14.4 Å². The van der Waals surface area contributed by atoms with Crippen molar-refractivity contribution in [2.24, 2.45) is 4.99 Å². The number of ether oxygens (including phenoxy) is 2. The highest BCUT2D eigenvalue weighted by molar-refractivity contribution is 7.07. The number of nitrogens with zero attached hydrogens (tertiary/aromatic N) is 3. The Balaban J connectivity index is 1.64. The van der Waals surface area contributed by atoms with Gasteiger partial charge in [-0.3, -0.25) is 9.36 Å². The Morgan fingerprint density at radius 3 is 2.26 bits per heavy atom. The predicted octanol–water partition coefficient (Wildman–Crippen LogP) is 1.81. The van der Waals surface area contributed by atoms with Gasteiger partial charge in [0.2, 0.25) is 0 Å². The molecule has 4 rings (SSSR count). The van der Waals surface area contributed by atoms with E-state index in [-0.39, 0.29) is 5.56 Å². The topological polar surface area (TPSA) is 56.1 Å². The summed E-state index contributed by atoms with van der Waals surface area (Å²) in [5.74, 6) is 1.59. The zero-order valence-corrected chi connectivity index (χ0v) is 15.9. The summed E-state index contributed by atoms with van der Waals surface area (Å²) in [6.45, 7) is 1.01. The molecule has 0 N–H and O–H groups in total. The lowest BCUT2D eigenvalue weighted by atomic mass is 10.2. The standard InChI is InChI=1S/C20H19N3O3S/c1-25-16-7-3-14(4-8-16)11-18-19(24)23-13-22(12-21-20(23)27-18)15-5-9-17(26-2)10-6-15/h3-11H,12-13H2,1-2H3. The molecule has 0 spiro atoms. The molecule has 2 heterocycles. The van der Waals surface area contributed by atoms with Gasteiger partial charge in [0.1, 0.15) is 24.8 Å². The molecule has 0 unspecified atom stereocenters. The lowest BCUT2D eigenvalue weighted by molar-refractivity contribution is 0.414. The van der Waals surface area contributed by atoms with Crippen LogP contribution in [0, 0.1) is 0 Å². The number of aromatic nitrogens is 1. The average molecular weight is 381 g/mol. The van der Waals surface area contributed by atoms with Crippen molar-refractivity contribution in [2.75, 3.05) is 25.8 Å². The van der Waals surface area contributed by atoms with Gasteiger partial charge in [-0.25, -0.2) is 4.99 Å². The second kappa shape index (κ2) is 7.28. The van der Waals surface area contributed by atoms with Crippen molar-refractivity contribution in [1.82, 2.24) is 4.57 Å². The van der Waals surface area contributed by atoms with Gasteiger partial charge in [0, 0.05) is 5.69 Å². The monoisotopic (exact) mass is 381 g/mol. The zero-order chi connectivity index (χ0) is 18.8. The Morgan fingerprint density at radius 2 is 1.63 bits per heavy atom. The fraction of sp³-hybridized carbons (Fsp3) is 0.200. The first kappa shape index (κ1) is 17.4. The molecule has 0 amide bonds. The molecule has 3 aromatic rings. The summed E-state index contributed by atoms with van der Waals surface area (Å²) in [5, 5.41) is 0. The van der Waals surface area contributed by atoms with Crippen molar-refractivity contribution in [3.05, 3.63) is 73.8 Å². The third-order valence-electron chi connectivity index (χ3n) is 4.43. The maximum Gasteiger partial charge on any atom is 0.271 e. The first-order valence-corrected chi connectivity index (χ1v) is 9.28. The summed E-state index contributed by atoms with van der Waals surface area (Å²) in [6.07, 6.45) is 1.89. The van der Waals surface area contributed by atoms with Crippen LogP contribution in [0.15, 0.2) is 58.3 Å². The van der Waals surface area contributed by atoms with E-state index < -0.39 is 0 Å². The molecule has 1 aromatic heterocycles. The lowest BCUT2D eigenvalue weighted by Crippen LogP contribution is -2.42. The molecule has 0 aliphatic carbocycles. The van der Waals surface area contributed by atoms with Gasteiger partial charge in [0.05, 0.1) is 18.8 Å². The summed E-state index contributed by atoms with van der Waals surface area (Å²) in [7, 11) is 3.28. The first-order valence-electron chi connectivity index (χ1n) is 8.47. The number of benzene rings is 2. The molecule has 0 bridgehead atoms. The third kappa shape index (κ3) is 3.46. The molecule has 0 saturated carbocycles. The van der Waals surface area contributed by atoms with Crippen LogP contribution in [0.5, 0.6) is 11.5 Å². The van der Waals surface area contributed by atoms with Crippen LogP contribution in [0.3, 0.4) is 0 Å². The minimum absolute atomic E-state index is 0.0206. The lowest BCUT2D eigenvalue weighted by Gasteiger charge is -2.25. The van der Waals surface area contributed by atoms with E-state index in [0.29, 0.717) is 17.9 Å². The van der Waals surface area contributed by atoms with Gasteiger partial charge in [-0.2, -0.15) is 0 Å². The van der Waals surface area contributed by atoms with Crippen LogP contribution in [-0.2, 0) is 6.67 Å². The van der Waals surface area contributed by atoms with Gasteiger partial charge in [0.15, 0.2) is 4.80 Å². The quantitative estimate of drug-likeness (QED) is 0.692. The smallest absolute Gasteiger partial charge is 0.271 e. The Morgan fingerprint density at radius 1 is 1.00 bits per heavy atom. The Hall–Kier alpha value is -3.06. The summed E-state index contributed by atoms with van der Waals surface area (Å²) >= 11 is 1.42. The number of anilines is 1. The van der Waals surface area contributed by atoms with E-state index in [1.807, 2.05) is 54.6 Å². The molecule has 138 valence electrons. The van der Waals surface area contributed by atoms with Gasteiger partial charge in [-0.15, -0.1) is 0 Å². The van der Waals surface area contributed by atoms with Crippen LogP contribution in [-0.4, -0.2) is 25.5 Å². The number of rotatable bonds is 4. The molecule has 27 heavy (non-hydrogen) atoms. The van der Waals surface area contributed by atoms with Crippen LogP contribution in [0.25, 0.3) is 6.08 Å². The molecule has 7 heteroatoms. The van der Waals surface area contributed by atoms with Crippen molar-refractivity contribution >= 4 is 23.1 Å². The second-order valence-corrected chi connectivity index (χ2v) is 7.09. The van der Waals surface area contributed by atoms with Gasteiger partial charge >= 0.3 is 0 Å². The van der Waals surface area contributed by atoms with E-state index in [1.54, 1.807) is 18.8 Å². The molecule has 2 aromatic carbocycles. The number of hydrogen-bond acceptors (Lipinski definition) is 6. The largest absolute Gasteiger partial charge is 0.497 e. The van der Waals surface area contributed by atoms with E-state index in [9.17, 15) is 4.79 Å². The van der Waals surface area contributed by atoms with Crippen LogP contribution in [0.2, 0.25) is 0 Å². The Bertz CT molecular complexity index is 1120. The highest BCUT2D eigenvalue weighted by Crippen LogP contribution is 2.20.